The van der Waals surface area contributed by atoms with E-state index in [0.29, 0.717) is 0 Å². The molecule has 0 aliphatic carbocycles. The SMILES string of the molecule is Cc1cc(-c2ccccc2)nc(N2CCCNCC2)n1. The molecule has 0 saturated carbocycles. The number of anilines is 1. The quantitative estimate of drug-likeness (QED) is 0.907. The van der Waals surface area contributed by atoms with E-state index in [9.17, 15) is 0 Å². The van der Waals surface area contributed by atoms with Crippen LogP contribution >= 0.6 is 0 Å². The van der Waals surface area contributed by atoms with Crippen LogP contribution in [0, 0.1) is 6.92 Å². The van der Waals surface area contributed by atoms with Crippen LogP contribution in [0.2, 0.25) is 0 Å². The van der Waals surface area contributed by atoms with Gasteiger partial charge in [0.25, 0.3) is 0 Å². The minimum atomic E-state index is 0.854. The van der Waals surface area contributed by atoms with Crippen LogP contribution < -0.4 is 10.2 Å². The van der Waals surface area contributed by atoms with E-state index in [4.69, 9.17) is 4.98 Å². The van der Waals surface area contributed by atoms with Crippen LogP contribution in [-0.2, 0) is 0 Å². The summed E-state index contributed by atoms with van der Waals surface area (Å²) in [5, 5.41) is 3.41. The number of hydrogen-bond acceptors (Lipinski definition) is 4. The lowest BCUT2D eigenvalue weighted by atomic mass is 10.1. The molecule has 1 saturated heterocycles. The van der Waals surface area contributed by atoms with Gasteiger partial charge in [0.05, 0.1) is 5.69 Å². The molecule has 2 aromatic rings. The average Bonchev–Trinajstić information content (AvgIpc) is 2.77. The highest BCUT2D eigenvalue weighted by atomic mass is 15.3. The molecule has 4 nitrogen and oxygen atoms in total. The summed E-state index contributed by atoms with van der Waals surface area (Å²) >= 11 is 0. The summed E-state index contributed by atoms with van der Waals surface area (Å²) in [6.07, 6.45) is 1.14. The van der Waals surface area contributed by atoms with Gasteiger partial charge in [-0.25, -0.2) is 9.97 Å². The van der Waals surface area contributed by atoms with Crippen LogP contribution in [0.25, 0.3) is 11.3 Å². The number of nitrogens with zero attached hydrogens (tertiary/aromatic N) is 3. The van der Waals surface area contributed by atoms with E-state index in [2.05, 4.69) is 33.4 Å². The van der Waals surface area contributed by atoms with Gasteiger partial charge >= 0.3 is 0 Å². The van der Waals surface area contributed by atoms with Gasteiger partial charge in [0.2, 0.25) is 5.95 Å². The third kappa shape index (κ3) is 2.96. The highest BCUT2D eigenvalue weighted by Gasteiger charge is 2.13. The second-order valence-electron chi connectivity index (χ2n) is 5.15. The molecular weight excluding hydrogens is 248 g/mol. The lowest BCUT2D eigenvalue weighted by molar-refractivity contribution is 0.724. The first-order valence-electron chi connectivity index (χ1n) is 7.20. The largest absolute Gasteiger partial charge is 0.339 e. The average molecular weight is 268 g/mol. The van der Waals surface area contributed by atoms with Crippen molar-refractivity contribution in [1.29, 1.82) is 0 Å². The predicted molar refractivity (Wildman–Crippen MR) is 81.9 cm³/mol. The Hall–Kier alpha value is -1.94. The minimum absolute atomic E-state index is 0.854. The van der Waals surface area contributed by atoms with Gasteiger partial charge in [-0.2, -0.15) is 0 Å². The minimum Gasteiger partial charge on any atom is -0.339 e. The van der Waals surface area contributed by atoms with Crippen molar-refractivity contribution in [2.24, 2.45) is 0 Å². The molecule has 1 aromatic heterocycles. The zero-order valence-corrected chi connectivity index (χ0v) is 11.8. The number of hydrogen-bond donors (Lipinski definition) is 1. The van der Waals surface area contributed by atoms with Crippen LogP contribution in [0.15, 0.2) is 36.4 Å². The maximum Gasteiger partial charge on any atom is 0.226 e. The van der Waals surface area contributed by atoms with Crippen LogP contribution in [-0.4, -0.2) is 36.1 Å². The molecular formula is C16H20N4. The van der Waals surface area contributed by atoms with E-state index in [1.165, 1.54) is 0 Å². The Kier molecular flexibility index (Phi) is 3.92. The molecule has 0 unspecified atom stereocenters. The lowest BCUT2D eigenvalue weighted by Gasteiger charge is -2.20. The van der Waals surface area contributed by atoms with E-state index in [1.54, 1.807) is 0 Å². The van der Waals surface area contributed by atoms with Crippen molar-refractivity contribution in [2.45, 2.75) is 13.3 Å². The first-order valence-corrected chi connectivity index (χ1v) is 7.20. The highest BCUT2D eigenvalue weighted by Crippen LogP contribution is 2.20. The second kappa shape index (κ2) is 6.01. The molecule has 104 valence electrons. The molecule has 1 aliphatic heterocycles. The van der Waals surface area contributed by atoms with Gasteiger partial charge in [-0.3, -0.25) is 0 Å². The fourth-order valence-electron chi connectivity index (χ4n) is 2.50. The van der Waals surface area contributed by atoms with Crippen molar-refractivity contribution in [3.8, 4) is 11.3 Å². The Bertz CT molecular complexity index is 560. The monoisotopic (exact) mass is 268 g/mol. The van der Waals surface area contributed by atoms with E-state index >= 15 is 0 Å². The number of aromatic nitrogens is 2. The summed E-state index contributed by atoms with van der Waals surface area (Å²) < 4.78 is 0. The van der Waals surface area contributed by atoms with E-state index < -0.39 is 0 Å². The van der Waals surface area contributed by atoms with Gasteiger partial charge in [0.1, 0.15) is 0 Å². The molecule has 1 aliphatic rings. The third-order valence-corrected chi connectivity index (χ3v) is 3.53. The van der Waals surface area contributed by atoms with E-state index in [-0.39, 0.29) is 0 Å². The highest BCUT2D eigenvalue weighted by molar-refractivity contribution is 5.60. The number of benzene rings is 1. The van der Waals surface area contributed by atoms with Crippen molar-refractivity contribution in [3.05, 3.63) is 42.1 Å². The standard InChI is InChI=1S/C16H20N4/c1-13-12-15(14-6-3-2-4-7-14)19-16(18-13)20-10-5-8-17-9-11-20/h2-4,6-7,12,17H,5,8-11H2,1H3. The van der Waals surface area contributed by atoms with Crippen molar-refractivity contribution in [2.75, 3.05) is 31.1 Å². The normalized spacial score (nSPS) is 15.9. The van der Waals surface area contributed by atoms with E-state index in [1.807, 2.05) is 25.1 Å². The molecule has 20 heavy (non-hydrogen) atoms. The summed E-state index contributed by atoms with van der Waals surface area (Å²) in [6, 6.07) is 12.4. The molecule has 0 bridgehead atoms. The van der Waals surface area contributed by atoms with Gasteiger partial charge in [0, 0.05) is 30.9 Å². The molecule has 0 atom stereocenters. The Labute approximate surface area is 119 Å². The Morgan fingerprint density at radius 2 is 1.90 bits per heavy atom. The molecule has 3 rings (SSSR count). The summed E-state index contributed by atoms with van der Waals surface area (Å²) in [6.45, 7) is 6.10. The third-order valence-electron chi connectivity index (χ3n) is 3.53. The van der Waals surface area contributed by atoms with Crippen LogP contribution in [0.4, 0.5) is 5.95 Å². The molecule has 0 spiro atoms. The number of rotatable bonds is 2. The predicted octanol–water partition coefficient (Wildman–Crippen LogP) is 2.25. The molecule has 1 aromatic carbocycles. The summed E-state index contributed by atoms with van der Waals surface area (Å²) in [5.41, 5.74) is 3.17. The van der Waals surface area contributed by atoms with Crippen LogP contribution in [0.5, 0.6) is 0 Å². The van der Waals surface area contributed by atoms with Crippen molar-refractivity contribution in [3.63, 3.8) is 0 Å². The van der Waals surface area contributed by atoms with Gasteiger partial charge in [0.15, 0.2) is 0 Å². The van der Waals surface area contributed by atoms with Crippen LogP contribution in [0.1, 0.15) is 12.1 Å². The zero-order valence-electron chi connectivity index (χ0n) is 11.8. The Morgan fingerprint density at radius 3 is 2.75 bits per heavy atom. The fourth-order valence-corrected chi connectivity index (χ4v) is 2.50. The summed E-state index contributed by atoms with van der Waals surface area (Å²) in [5.74, 6) is 0.854. The lowest BCUT2D eigenvalue weighted by Crippen LogP contribution is -2.29. The number of aryl methyl sites for hydroxylation is 1. The first kappa shape index (κ1) is 13.1. The maximum absolute atomic E-state index is 4.76. The topological polar surface area (TPSA) is 41.1 Å². The van der Waals surface area contributed by atoms with Gasteiger partial charge in [-0.05, 0) is 26.0 Å². The zero-order chi connectivity index (χ0) is 13.8. The molecule has 1 fully saturated rings. The smallest absolute Gasteiger partial charge is 0.226 e. The molecule has 2 heterocycles. The first-order chi connectivity index (χ1) is 9.83. The van der Waals surface area contributed by atoms with E-state index in [0.717, 1.165) is 55.5 Å². The fraction of sp³-hybridized carbons (Fsp3) is 0.375. The number of nitrogens with one attached hydrogen (secondary N) is 1. The van der Waals surface area contributed by atoms with Crippen molar-refractivity contribution < 1.29 is 0 Å². The maximum atomic E-state index is 4.76. The molecule has 0 amide bonds. The van der Waals surface area contributed by atoms with Gasteiger partial charge in [-0.1, -0.05) is 30.3 Å². The second-order valence-corrected chi connectivity index (χ2v) is 5.15. The molecule has 0 radical (unpaired) electrons. The van der Waals surface area contributed by atoms with Gasteiger partial charge in [-0.15, -0.1) is 0 Å². The Morgan fingerprint density at radius 1 is 1.05 bits per heavy atom. The van der Waals surface area contributed by atoms with Gasteiger partial charge < -0.3 is 10.2 Å². The van der Waals surface area contributed by atoms with Crippen molar-refractivity contribution in [1.82, 2.24) is 15.3 Å². The summed E-state index contributed by atoms with van der Waals surface area (Å²) in [7, 11) is 0. The van der Waals surface area contributed by atoms with Crippen LogP contribution in [0.3, 0.4) is 0 Å². The molecule has 4 heteroatoms. The summed E-state index contributed by atoms with van der Waals surface area (Å²) in [4.78, 5) is 11.6. The van der Waals surface area contributed by atoms with Crippen molar-refractivity contribution >= 4 is 5.95 Å². The molecule has 1 N–H and O–H groups in total. The Balaban J connectivity index is 1.94.